The van der Waals surface area contributed by atoms with Gasteiger partial charge in [0.15, 0.2) is 0 Å². The number of anilines is 2. The van der Waals surface area contributed by atoms with E-state index in [0.717, 1.165) is 31.9 Å². The third-order valence-electron chi connectivity index (χ3n) is 3.39. The number of rotatable bonds is 2. The Labute approximate surface area is 107 Å². The van der Waals surface area contributed by atoms with Gasteiger partial charge in [0.05, 0.1) is 16.9 Å². The van der Waals surface area contributed by atoms with E-state index in [2.05, 4.69) is 28.8 Å². The van der Waals surface area contributed by atoms with Crippen molar-refractivity contribution >= 4 is 23.1 Å². The second-order valence-electron chi connectivity index (χ2n) is 4.56. The van der Waals surface area contributed by atoms with Crippen LogP contribution in [-0.2, 0) is 0 Å². The minimum Gasteiger partial charge on any atom is -0.397 e. The SMILES string of the molecule is CCC1CN(c2ncc(N)cc2Cl)CCN1C. The van der Waals surface area contributed by atoms with Crippen molar-refractivity contribution in [2.24, 2.45) is 0 Å². The second-order valence-corrected chi connectivity index (χ2v) is 4.97. The first kappa shape index (κ1) is 12.5. The van der Waals surface area contributed by atoms with E-state index in [0.29, 0.717) is 16.8 Å². The van der Waals surface area contributed by atoms with Gasteiger partial charge in [-0.2, -0.15) is 0 Å². The molecule has 0 aromatic carbocycles. The molecule has 0 bridgehead atoms. The number of likely N-dealkylation sites (N-methyl/N-ethyl adjacent to an activating group) is 1. The maximum Gasteiger partial charge on any atom is 0.147 e. The molecule has 1 saturated heterocycles. The molecule has 2 N–H and O–H groups in total. The molecule has 1 fully saturated rings. The van der Waals surface area contributed by atoms with Crippen molar-refractivity contribution in [3.8, 4) is 0 Å². The first-order chi connectivity index (χ1) is 8.11. The summed E-state index contributed by atoms with van der Waals surface area (Å²) in [6, 6.07) is 2.34. The molecule has 1 atom stereocenters. The van der Waals surface area contributed by atoms with Crippen molar-refractivity contribution in [1.82, 2.24) is 9.88 Å². The molecule has 0 saturated carbocycles. The van der Waals surface area contributed by atoms with Gasteiger partial charge in [0.2, 0.25) is 0 Å². The first-order valence-corrected chi connectivity index (χ1v) is 6.35. The molecule has 1 aliphatic rings. The van der Waals surface area contributed by atoms with E-state index in [-0.39, 0.29) is 0 Å². The topological polar surface area (TPSA) is 45.4 Å². The summed E-state index contributed by atoms with van der Waals surface area (Å²) in [7, 11) is 2.17. The molecule has 5 heteroatoms. The van der Waals surface area contributed by atoms with Crippen molar-refractivity contribution < 1.29 is 0 Å². The average Bonchev–Trinajstić information content (AvgIpc) is 2.30. The molecule has 4 nitrogen and oxygen atoms in total. The molecule has 2 rings (SSSR count). The number of nitrogen functional groups attached to an aromatic ring is 1. The van der Waals surface area contributed by atoms with E-state index in [1.165, 1.54) is 0 Å². The van der Waals surface area contributed by atoms with Crippen LogP contribution in [0.2, 0.25) is 5.02 Å². The number of aromatic nitrogens is 1. The van der Waals surface area contributed by atoms with Crippen LogP contribution < -0.4 is 10.6 Å². The Morgan fingerprint density at radius 1 is 1.53 bits per heavy atom. The Hall–Kier alpha value is -1.00. The summed E-state index contributed by atoms with van der Waals surface area (Å²) < 4.78 is 0. The van der Waals surface area contributed by atoms with Crippen LogP contribution in [0.1, 0.15) is 13.3 Å². The summed E-state index contributed by atoms with van der Waals surface area (Å²) in [4.78, 5) is 8.98. The molecule has 94 valence electrons. The van der Waals surface area contributed by atoms with Gasteiger partial charge in [0.1, 0.15) is 5.82 Å². The van der Waals surface area contributed by atoms with E-state index in [9.17, 15) is 0 Å². The van der Waals surface area contributed by atoms with E-state index in [4.69, 9.17) is 17.3 Å². The lowest BCUT2D eigenvalue weighted by Gasteiger charge is -2.39. The van der Waals surface area contributed by atoms with Gasteiger partial charge in [-0.25, -0.2) is 4.98 Å². The predicted octanol–water partition coefficient (Wildman–Crippen LogP) is 1.85. The lowest BCUT2D eigenvalue weighted by atomic mass is 10.1. The van der Waals surface area contributed by atoms with Gasteiger partial charge in [0, 0.05) is 25.7 Å². The fourth-order valence-corrected chi connectivity index (χ4v) is 2.55. The normalized spacial score (nSPS) is 21.8. The highest BCUT2D eigenvalue weighted by Crippen LogP contribution is 2.27. The second kappa shape index (κ2) is 5.10. The van der Waals surface area contributed by atoms with Crippen LogP contribution in [0.25, 0.3) is 0 Å². The smallest absolute Gasteiger partial charge is 0.147 e. The van der Waals surface area contributed by atoms with Crippen LogP contribution in [-0.4, -0.2) is 42.6 Å². The van der Waals surface area contributed by atoms with E-state index >= 15 is 0 Å². The number of hydrogen-bond acceptors (Lipinski definition) is 4. The lowest BCUT2D eigenvalue weighted by molar-refractivity contribution is 0.213. The maximum absolute atomic E-state index is 6.19. The van der Waals surface area contributed by atoms with Gasteiger partial charge in [0.25, 0.3) is 0 Å². The maximum atomic E-state index is 6.19. The van der Waals surface area contributed by atoms with E-state index in [1.54, 1.807) is 12.3 Å². The monoisotopic (exact) mass is 254 g/mol. The number of nitrogens with zero attached hydrogens (tertiary/aromatic N) is 3. The molecular weight excluding hydrogens is 236 g/mol. The summed E-state index contributed by atoms with van der Waals surface area (Å²) in [5.41, 5.74) is 6.27. The summed E-state index contributed by atoms with van der Waals surface area (Å²) in [6.07, 6.45) is 2.81. The first-order valence-electron chi connectivity index (χ1n) is 5.98. The minimum atomic E-state index is 0.569. The lowest BCUT2D eigenvalue weighted by Crippen LogP contribution is -2.51. The number of nitrogens with two attached hydrogens (primary N) is 1. The highest BCUT2D eigenvalue weighted by molar-refractivity contribution is 6.33. The van der Waals surface area contributed by atoms with Crippen LogP contribution in [0.4, 0.5) is 11.5 Å². The molecule has 1 aromatic heterocycles. The molecule has 1 aliphatic heterocycles. The summed E-state index contributed by atoms with van der Waals surface area (Å²) in [6.45, 7) is 5.19. The highest BCUT2D eigenvalue weighted by Gasteiger charge is 2.24. The van der Waals surface area contributed by atoms with E-state index in [1.807, 2.05) is 0 Å². The van der Waals surface area contributed by atoms with Gasteiger partial charge in [-0.3, -0.25) is 4.90 Å². The zero-order valence-corrected chi connectivity index (χ0v) is 11.1. The van der Waals surface area contributed by atoms with Gasteiger partial charge in [-0.1, -0.05) is 18.5 Å². The van der Waals surface area contributed by atoms with Crippen LogP contribution in [0.3, 0.4) is 0 Å². The largest absolute Gasteiger partial charge is 0.397 e. The molecule has 0 aliphatic carbocycles. The zero-order valence-electron chi connectivity index (χ0n) is 10.4. The highest BCUT2D eigenvalue weighted by atomic mass is 35.5. The molecule has 1 aromatic rings. The van der Waals surface area contributed by atoms with Crippen LogP contribution in [0.5, 0.6) is 0 Å². The van der Waals surface area contributed by atoms with E-state index < -0.39 is 0 Å². The quantitative estimate of drug-likeness (QED) is 0.875. The molecule has 0 spiro atoms. The third kappa shape index (κ3) is 2.64. The van der Waals surface area contributed by atoms with Gasteiger partial charge in [-0.15, -0.1) is 0 Å². The Bertz CT molecular complexity index is 396. The zero-order chi connectivity index (χ0) is 12.4. The molecule has 0 radical (unpaired) electrons. The van der Waals surface area contributed by atoms with Crippen molar-refractivity contribution in [3.05, 3.63) is 17.3 Å². The van der Waals surface area contributed by atoms with Gasteiger partial charge in [-0.05, 0) is 19.5 Å². The summed E-state index contributed by atoms with van der Waals surface area (Å²) >= 11 is 6.19. The fraction of sp³-hybridized carbons (Fsp3) is 0.583. The Balaban J connectivity index is 2.17. The summed E-state index contributed by atoms with van der Waals surface area (Å²) in [5.74, 6) is 0.854. The average molecular weight is 255 g/mol. The van der Waals surface area contributed by atoms with Crippen LogP contribution >= 0.6 is 11.6 Å². The number of pyridine rings is 1. The number of piperazine rings is 1. The Morgan fingerprint density at radius 3 is 2.94 bits per heavy atom. The Morgan fingerprint density at radius 2 is 2.29 bits per heavy atom. The van der Waals surface area contributed by atoms with Gasteiger partial charge >= 0.3 is 0 Å². The van der Waals surface area contributed by atoms with Crippen molar-refractivity contribution in [1.29, 1.82) is 0 Å². The third-order valence-corrected chi connectivity index (χ3v) is 3.67. The van der Waals surface area contributed by atoms with Crippen molar-refractivity contribution in [2.45, 2.75) is 19.4 Å². The minimum absolute atomic E-state index is 0.569. The van der Waals surface area contributed by atoms with Crippen LogP contribution in [0.15, 0.2) is 12.3 Å². The standard InChI is InChI=1S/C12H19ClN4/c1-3-10-8-17(5-4-16(10)2)12-11(13)6-9(14)7-15-12/h6-7,10H,3-5,8,14H2,1-2H3. The number of halogens is 1. The van der Waals surface area contributed by atoms with Gasteiger partial charge < -0.3 is 10.6 Å². The summed E-state index contributed by atoms with van der Waals surface area (Å²) in [5, 5.41) is 0.643. The predicted molar refractivity (Wildman–Crippen MR) is 72.6 cm³/mol. The van der Waals surface area contributed by atoms with Crippen molar-refractivity contribution in [2.75, 3.05) is 37.3 Å². The number of hydrogen-bond donors (Lipinski definition) is 1. The van der Waals surface area contributed by atoms with Crippen LogP contribution in [0, 0.1) is 0 Å². The fourth-order valence-electron chi connectivity index (χ4n) is 2.26. The molecule has 0 amide bonds. The Kier molecular flexibility index (Phi) is 3.74. The molecular formula is C12H19ClN4. The molecule has 17 heavy (non-hydrogen) atoms. The van der Waals surface area contributed by atoms with Crippen molar-refractivity contribution in [3.63, 3.8) is 0 Å². The molecule has 1 unspecified atom stereocenters. The molecule has 2 heterocycles.